The van der Waals surface area contributed by atoms with Crippen molar-refractivity contribution in [1.82, 2.24) is 10.2 Å². The molecule has 232 valence electrons. The molecule has 0 saturated heterocycles. The van der Waals surface area contributed by atoms with E-state index >= 15 is 0 Å². The fourth-order valence-corrected chi connectivity index (χ4v) is 4.43. The molecule has 0 unspecified atom stereocenters. The lowest BCUT2D eigenvalue weighted by Gasteiger charge is -2.18. The Morgan fingerprint density at radius 2 is 0.821 bits per heavy atom. The van der Waals surface area contributed by atoms with E-state index in [2.05, 4.69) is 52.5 Å². The predicted molar refractivity (Wildman–Crippen MR) is 181 cm³/mol. The fraction of sp³-hybridized carbons (Fsp3) is 0.765. The molecule has 0 atom stereocenters. The number of nitrogens with one attached hydrogen (secondary N) is 1. The Labute approximate surface area is 253 Å². The maximum atomic E-state index is 8.67. The van der Waals surface area contributed by atoms with E-state index in [0.717, 1.165) is 50.9 Å². The number of aliphatic hydroxyl groups excluding tert-OH is 2. The van der Waals surface area contributed by atoms with Crippen LogP contribution >= 0.6 is 15.9 Å². The number of nitrogens with zero attached hydrogens (tertiary/aromatic N) is 1. The van der Waals surface area contributed by atoms with Crippen LogP contribution in [-0.4, -0.2) is 66.4 Å². The van der Waals surface area contributed by atoms with Crippen LogP contribution in [0.5, 0.6) is 0 Å². The standard InChI is InChI=1S/C17H33NO.C11H23BrO.C6H11N/c1-3-14-18(15-4-2)16-12-10-8-6-5-7-9-11-13-17-19;12-10-8-6-4-2-1-3-5-7-9-11-13;1-3-5-7-6-4-2/h3-4,19H,1-2,5-17H2;13H,1-11H2;3-4,7H,1-2,5-6H2. The highest BCUT2D eigenvalue weighted by atomic mass is 79.9. The number of hydrogen-bond acceptors (Lipinski definition) is 4. The van der Waals surface area contributed by atoms with Crippen molar-refractivity contribution in [3.63, 3.8) is 0 Å². The summed E-state index contributed by atoms with van der Waals surface area (Å²) in [5, 5.41) is 21.4. The van der Waals surface area contributed by atoms with Crippen LogP contribution in [0.4, 0.5) is 0 Å². The summed E-state index contributed by atoms with van der Waals surface area (Å²) >= 11 is 3.44. The molecule has 0 bridgehead atoms. The lowest BCUT2D eigenvalue weighted by molar-refractivity contribution is 0.282. The Hall–Kier alpha value is -0.720. The number of hydrogen-bond donors (Lipinski definition) is 3. The molecule has 0 aliphatic rings. The lowest BCUT2D eigenvalue weighted by atomic mass is 10.1. The van der Waals surface area contributed by atoms with Gasteiger partial charge in [-0.1, -0.05) is 130 Å². The van der Waals surface area contributed by atoms with E-state index in [1.54, 1.807) is 0 Å². The highest BCUT2D eigenvalue weighted by molar-refractivity contribution is 9.09. The molecule has 0 heterocycles. The Balaban J connectivity index is -0.000000558. The molecule has 0 saturated carbocycles. The van der Waals surface area contributed by atoms with Gasteiger partial charge >= 0.3 is 0 Å². The van der Waals surface area contributed by atoms with E-state index in [9.17, 15) is 0 Å². The maximum Gasteiger partial charge on any atom is 0.0431 e. The summed E-state index contributed by atoms with van der Waals surface area (Å²) in [6, 6.07) is 0. The zero-order chi connectivity index (χ0) is 29.5. The molecule has 0 fully saturated rings. The van der Waals surface area contributed by atoms with Crippen molar-refractivity contribution < 1.29 is 10.2 Å². The first-order chi connectivity index (χ1) is 19.2. The van der Waals surface area contributed by atoms with E-state index in [1.807, 2.05) is 24.3 Å². The number of rotatable bonds is 29. The molecule has 4 nitrogen and oxygen atoms in total. The average Bonchev–Trinajstić information content (AvgIpc) is 2.94. The molecule has 0 radical (unpaired) electrons. The molecule has 0 spiro atoms. The summed E-state index contributed by atoms with van der Waals surface area (Å²) in [7, 11) is 0. The first kappa shape index (κ1) is 42.7. The van der Waals surface area contributed by atoms with Gasteiger partial charge in [-0.05, 0) is 32.2 Å². The molecular weight excluding hydrogens is 548 g/mol. The first-order valence-corrected chi connectivity index (χ1v) is 16.9. The normalized spacial score (nSPS) is 10.3. The van der Waals surface area contributed by atoms with Crippen LogP contribution < -0.4 is 5.32 Å². The van der Waals surface area contributed by atoms with Crippen LogP contribution in [0.2, 0.25) is 0 Å². The third-order valence-corrected chi connectivity index (χ3v) is 6.84. The topological polar surface area (TPSA) is 55.7 Å². The summed E-state index contributed by atoms with van der Waals surface area (Å²) in [4.78, 5) is 2.38. The Morgan fingerprint density at radius 3 is 1.13 bits per heavy atom. The largest absolute Gasteiger partial charge is 0.396 e. The van der Waals surface area contributed by atoms with Gasteiger partial charge in [0.1, 0.15) is 0 Å². The van der Waals surface area contributed by atoms with Gasteiger partial charge in [0.15, 0.2) is 0 Å². The number of aliphatic hydroxyl groups is 2. The van der Waals surface area contributed by atoms with Crippen molar-refractivity contribution >= 4 is 15.9 Å². The van der Waals surface area contributed by atoms with Crippen molar-refractivity contribution in [3.05, 3.63) is 50.6 Å². The molecular formula is C34H67BrN2O2. The van der Waals surface area contributed by atoms with Crippen LogP contribution in [-0.2, 0) is 0 Å². The SMILES string of the molecule is C=CCN(CC=C)CCCCCCCCCCCO.C=CCNCC=C.OCCCCCCCCCCCBr. The smallest absolute Gasteiger partial charge is 0.0431 e. The molecule has 0 aromatic heterocycles. The van der Waals surface area contributed by atoms with Crippen molar-refractivity contribution in [2.75, 3.05) is 51.3 Å². The number of alkyl halides is 1. The van der Waals surface area contributed by atoms with Gasteiger partial charge in [-0.15, -0.1) is 26.3 Å². The number of halogens is 1. The Kier molecular flexibility index (Phi) is 48.6. The van der Waals surface area contributed by atoms with Crippen LogP contribution in [0.15, 0.2) is 50.6 Å². The molecule has 0 aliphatic carbocycles. The van der Waals surface area contributed by atoms with Gasteiger partial charge in [0.05, 0.1) is 0 Å². The highest BCUT2D eigenvalue weighted by Crippen LogP contribution is 2.11. The Bertz CT molecular complexity index is 446. The van der Waals surface area contributed by atoms with Gasteiger partial charge in [-0.2, -0.15) is 0 Å². The summed E-state index contributed by atoms with van der Waals surface area (Å²) in [5.74, 6) is 0. The lowest BCUT2D eigenvalue weighted by Crippen LogP contribution is -2.24. The van der Waals surface area contributed by atoms with Crippen molar-refractivity contribution in [3.8, 4) is 0 Å². The third kappa shape index (κ3) is 47.4. The summed E-state index contributed by atoms with van der Waals surface area (Å²) in [6.45, 7) is 20.2. The molecule has 0 amide bonds. The second-order valence-electron chi connectivity index (χ2n) is 10.1. The van der Waals surface area contributed by atoms with Gasteiger partial charge in [0.2, 0.25) is 0 Å². The summed E-state index contributed by atoms with van der Waals surface area (Å²) in [6.07, 6.45) is 30.8. The Morgan fingerprint density at radius 1 is 0.487 bits per heavy atom. The second kappa shape index (κ2) is 44.3. The van der Waals surface area contributed by atoms with E-state index in [-0.39, 0.29) is 0 Å². The zero-order valence-electron chi connectivity index (χ0n) is 25.7. The second-order valence-corrected chi connectivity index (χ2v) is 10.9. The van der Waals surface area contributed by atoms with Crippen molar-refractivity contribution in [2.24, 2.45) is 0 Å². The third-order valence-electron chi connectivity index (χ3n) is 6.28. The van der Waals surface area contributed by atoms with Gasteiger partial charge in [-0.25, -0.2) is 0 Å². The molecule has 0 aromatic carbocycles. The van der Waals surface area contributed by atoms with Crippen LogP contribution in [0.25, 0.3) is 0 Å². The van der Waals surface area contributed by atoms with Crippen molar-refractivity contribution in [2.45, 2.75) is 116 Å². The van der Waals surface area contributed by atoms with Gasteiger partial charge in [-0.3, -0.25) is 4.90 Å². The van der Waals surface area contributed by atoms with E-state index < -0.39 is 0 Å². The maximum absolute atomic E-state index is 8.67. The van der Waals surface area contributed by atoms with Crippen LogP contribution in [0.3, 0.4) is 0 Å². The first-order valence-electron chi connectivity index (χ1n) is 15.8. The highest BCUT2D eigenvalue weighted by Gasteiger charge is 2.00. The van der Waals surface area contributed by atoms with E-state index in [0.29, 0.717) is 13.2 Å². The molecule has 0 aromatic rings. The quantitative estimate of drug-likeness (QED) is 0.0447. The molecule has 0 aliphatic heterocycles. The van der Waals surface area contributed by atoms with Gasteiger partial charge in [0, 0.05) is 44.7 Å². The predicted octanol–water partition coefficient (Wildman–Crippen LogP) is 9.00. The summed E-state index contributed by atoms with van der Waals surface area (Å²) in [5.41, 5.74) is 0. The zero-order valence-corrected chi connectivity index (χ0v) is 27.3. The van der Waals surface area contributed by atoms with E-state index in [4.69, 9.17) is 10.2 Å². The minimum Gasteiger partial charge on any atom is -0.396 e. The minimum absolute atomic E-state index is 0.353. The average molecular weight is 616 g/mol. The minimum atomic E-state index is 0.353. The number of unbranched alkanes of at least 4 members (excludes halogenated alkanes) is 16. The molecule has 39 heavy (non-hydrogen) atoms. The molecule has 5 heteroatoms. The van der Waals surface area contributed by atoms with Gasteiger partial charge in [0.25, 0.3) is 0 Å². The monoisotopic (exact) mass is 614 g/mol. The molecule has 0 rings (SSSR count). The van der Waals surface area contributed by atoms with Crippen LogP contribution in [0, 0.1) is 0 Å². The summed E-state index contributed by atoms with van der Waals surface area (Å²) < 4.78 is 0. The fourth-order valence-electron chi connectivity index (χ4n) is 4.04. The van der Waals surface area contributed by atoms with Crippen LogP contribution in [0.1, 0.15) is 116 Å². The van der Waals surface area contributed by atoms with E-state index in [1.165, 1.54) is 103 Å². The molecule has 3 N–H and O–H groups in total. The van der Waals surface area contributed by atoms with Gasteiger partial charge < -0.3 is 15.5 Å². The van der Waals surface area contributed by atoms with Crippen molar-refractivity contribution in [1.29, 1.82) is 0 Å².